The first kappa shape index (κ1) is 17.8. The third-order valence-corrected chi connectivity index (χ3v) is 8.82. The van der Waals surface area contributed by atoms with Crippen molar-refractivity contribution >= 4 is 19.9 Å². The Bertz CT molecular complexity index is 780. The summed E-state index contributed by atoms with van der Waals surface area (Å²) in [6.45, 7) is 4.28. The van der Waals surface area contributed by atoms with Crippen LogP contribution in [0.15, 0.2) is 29.2 Å². The van der Waals surface area contributed by atoms with E-state index in [-0.39, 0.29) is 17.5 Å². The molecule has 0 radical (unpaired) electrons. The molecular weight excluding hydrogens is 348 g/mol. The molecule has 1 aromatic carbocycles. The van der Waals surface area contributed by atoms with Gasteiger partial charge in [-0.15, -0.1) is 0 Å². The maximum atomic E-state index is 12.7. The lowest BCUT2D eigenvalue weighted by atomic mass is 10.2. The molecule has 0 aromatic heterocycles. The van der Waals surface area contributed by atoms with Crippen LogP contribution in [0.5, 0.6) is 0 Å². The largest absolute Gasteiger partial charge is 0.329 e. The summed E-state index contributed by atoms with van der Waals surface area (Å²) in [7, 11) is -6.34. The number of piperazine rings is 1. The Hall–Kier alpha value is -0.960. The lowest BCUT2D eigenvalue weighted by molar-refractivity contribution is -0.925. The van der Waals surface area contributed by atoms with E-state index in [1.165, 1.54) is 9.21 Å². The molecule has 1 aromatic rings. The molecule has 0 aliphatic carbocycles. The SMILES string of the molecule is CCc1ccc(S(=O)(=O)N2CC[NH+]([C@H]3CCS(=O)(=O)C3)CC2)cc1. The van der Waals surface area contributed by atoms with Gasteiger partial charge in [0.1, 0.15) is 11.8 Å². The highest BCUT2D eigenvalue weighted by Gasteiger charge is 2.38. The lowest BCUT2D eigenvalue weighted by Crippen LogP contribution is -3.18. The van der Waals surface area contributed by atoms with E-state index in [4.69, 9.17) is 0 Å². The van der Waals surface area contributed by atoms with Gasteiger partial charge in [-0.3, -0.25) is 0 Å². The van der Waals surface area contributed by atoms with E-state index < -0.39 is 19.9 Å². The Kier molecular flexibility index (Phi) is 5.01. The fourth-order valence-electron chi connectivity index (χ4n) is 3.59. The summed E-state index contributed by atoms with van der Waals surface area (Å²) in [5.41, 5.74) is 1.12. The quantitative estimate of drug-likeness (QED) is 0.759. The van der Waals surface area contributed by atoms with Gasteiger partial charge in [-0.2, -0.15) is 4.31 Å². The zero-order chi connectivity index (χ0) is 17.4. The predicted octanol–water partition coefficient (Wildman–Crippen LogP) is -0.675. The van der Waals surface area contributed by atoms with Gasteiger partial charge >= 0.3 is 0 Å². The van der Waals surface area contributed by atoms with Crippen LogP contribution >= 0.6 is 0 Å². The number of sulfone groups is 1. The smallest absolute Gasteiger partial charge is 0.243 e. The van der Waals surface area contributed by atoms with E-state index in [0.717, 1.165) is 12.0 Å². The number of benzene rings is 1. The van der Waals surface area contributed by atoms with Crippen molar-refractivity contribution in [1.82, 2.24) is 4.31 Å². The molecule has 8 heteroatoms. The van der Waals surface area contributed by atoms with Gasteiger partial charge in [0.05, 0.1) is 36.8 Å². The van der Waals surface area contributed by atoms with Gasteiger partial charge in [0.15, 0.2) is 9.84 Å². The molecule has 2 heterocycles. The highest BCUT2D eigenvalue weighted by atomic mass is 32.2. The van der Waals surface area contributed by atoms with Crippen LogP contribution in [0.4, 0.5) is 0 Å². The van der Waals surface area contributed by atoms with Gasteiger partial charge in [0.25, 0.3) is 0 Å². The monoisotopic (exact) mass is 373 g/mol. The first-order valence-corrected chi connectivity index (χ1v) is 11.7. The van der Waals surface area contributed by atoms with E-state index in [9.17, 15) is 16.8 Å². The molecule has 0 spiro atoms. The van der Waals surface area contributed by atoms with Gasteiger partial charge in [-0.25, -0.2) is 16.8 Å². The first-order chi connectivity index (χ1) is 11.3. The van der Waals surface area contributed by atoms with E-state index >= 15 is 0 Å². The first-order valence-electron chi connectivity index (χ1n) is 8.46. The molecule has 2 aliphatic rings. The fraction of sp³-hybridized carbons (Fsp3) is 0.625. The molecule has 0 saturated carbocycles. The van der Waals surface area contributed by atoms with Gasteiger partial charge in [0, 0.05) is 6.42 Å². The number of sulfonamides is 1. The number of aryl methyl sites for hydroxylation is 1. The second-order valence-corrected chi connectivity index (χ2v) is 10.8. The summed E-state index contributed by atoms with van der Waals surface area (Å²) in [5, 5.41) is 0. The molecule has 0 unspecified atom stereocenters. The minimum absolute atomic E-state index is 0.128. The van der Waals surface area contributed by atoms with Crippen molar-refractivity contribution in [2.75, 3.05) is 37.7 Å². The molecule has 2 saturated heterocycles. The van der Waals surface area contributed by atoms with Gasteiger partial charge in [-0.05, 0) is 24.1 Å². The average Bonchev–Trinajstić information content (AvgIpc) is 2.95. The molecule has 0 amide bonds. The highest BCUT2D eigenvalue weighted by Crippen LogP contribution is 2.17. The molecule has 134 valence electrons. The van der Waals surface area contributed by atoms with Crippen molar-refractivity contribution in [3.05, 3.63) is 29.8 Å². The molecule has 1 N–H and O–H groups in total. The molecule has 24 heavy (non-hydrogen) atoms. The topological polar surface area (TPSA) is 76.0 Å². The van der Waals surface area contributed by atoms with Crippen molar-refractivity contribution in [2.24, 2.45) is 0 Å². The molecule has 1 atom stereocenters. The van der Waals surface area contributed by atoms with Crippen molar-refractivity contribution in [3.8, 4) is 0 Å². The van der Waals surface area contributed by atoms with Crippen molar-refractivity contribution in [2.45, 2.75) is 30.7 Å². The van der Waals surface area contributed by atoms with E-state index in [1.54, 1.807) is 12.1 Å². The average molecular weight is 374 g/mol. The molecule has 3 rings (SSSR count). The Balaban J connectivity index is 1.65. The zero-order valence-corrected chi connectivity index (χ0v) is 15.6. The van der Waals surface area contributed by atoms with Crippen molar-refractivity contribution in [3.63, 3.8) is 0 Å². The Morgan fingerprint density at radius 2 is 1.79 bits per heavy atom. The van der Waals surface area contributed by atoms with Crippen LogP contribution in [0.25, 0.3) is 0 Å². The molecule has 6 nitrogen and oxygen atoms in total. The Labute approximate surface area is 144 Å². The summed E-state index contributed by atoms with van der Waals surface area (Å²) in [6, 6.07) is 7.20. The number of quaternary nitrogens is 1. The standard InChI is InChI=1S/C16H24N2O4S2/c1-2-14-3-5-16(6-4-14)24(21,22)18-10-8-17(9-11-18)15-7-12-23(19,20)13-15/h3-6,15H,2,7-13H2,1H3/p+1/t15-/m0/s1. The summed E-state index contributed by atoms with van der Waals surface area (Å²) in [5.74, 6) is 0.514. The van der Waals surface area contributed by atoms with E-state index in [1.807, 2.05) is 19.1 Å². The Morgan fingerprint density at radius 1 is 1.17 bits per heavy atom. The molecule has 2 aliphatic heterocycles. The van der Waals surface area contributed by atoms with Crippen LogP contribution in [0.2, 0.25) is 0 Å². The van der Waals surface area contributed by atoms with Crippen LogP contribution in [0, 0.1) is 0 Å². The predicted molar refractivity (Wildman–Crippen MR) is 92.3 cm³/mol. The molecular formula is C16H25N2O4S2+. The maximum absolute atomic E-state index is 12.7. The summed E-state index contributed by atoms with van der Waals surface area (Å²) < 4.78 is 50.3. The number of hydrogen-bond donors (Lipinski definition) is 1. The van der Waals surface area contributed by atoms with Gasteiger partial charge in [0.2, 0.25) is 10.0 Å². The highest BCUT2D eigenvalue weighted by molar-refractivity contribution is 7.91. The van der Waals surface area contributed by atoms with E-state index in [0.29, 0.717) is 37.5 Å². The lowest BCUT2D eigenvalue weighted by Gasteiger charge is -2.34. The summed E-state index contributed by atoms with van der Waals surface area (Å²) >= 11 is 0. The van der Waals surface area contributed by atoms with Crippen LogP contribution in [-0.2, 0) is 26.3 Å². The number of nitrogens with zero attached hydrogens (tertiary/aromatic N) is 1. The minimum Gasteiger partial charge on any atom is -0.329 e. The van der Waals surface area contributed by atoms with Crippen molar-refractivity contribution < 1.29 is 21.7 Å². The van der Waals surface area contributed by atoms with Gasteiger partial charge < -0.3 is 4.90 Å². The fourth-order valence-corrected chi connectivity index (χ4v) is 6.85. The Morgan fingerprint density at radius 3 is 2.29 bits per heavy atom. The summed E-state index contributed by atoms with van der Waals surface area (Å²) in [6.07, 6.45) is 1.58. The third kappa shape index (κ3) is 3.66. The third-order valence-electron chi connectivity index (χ3n) is 5.14. The van der Waals surface area contributed by atoms with Crippen molar-refractivity contribution in [1.29, 1.82) is 0 Å². The number of nitrogens with one attached hydrogen (secondary N) is 1. The minimum atomic E-state index is -3.46. The number of hydrogen-bond acceptors (Lipinski definition) is 4. The zero-order valence-electron chi connectivity index (χ0n) is 13.9. The maximum Gasteiger partial charge on any atom is 0.243 e. The second kappa shape index (κ2) is 6.74. The van der Waals surface area contributed by atoms with Crippen LogP contribution in [0.3, 0.4) is 0 Å². The van der Waals surface area contributed by atoms with Crippen LogP contribution in [-0.4, -0.2) is 64.9 Å². The summed E-state index contributed by atoms with van der Waals surface area (Å²) in [4.78, 5) is 1.57. The van der Waals surface area contributed by atoms with Crippen LogP contribution in [0.1, 0.15) is 18.9 Å². The van der Waals surface area contributed by atoms with E-state index in [2.05, 4.69) is 0 Å². The van der Waals surface area contributed by atoms with Gasteiger partial charge in [-0.1, -0.05) is 19.1 Å². The normalized spacial score (nSPS) is 25.8. The molecule has 2 fully saturated rings. The second-order valence-electron chi connectivity index (χ2n) is 6.66. The van der Waals surface area contributed by atoms with Crippen LogP contribution < -0.4 is 4.90 Å². The number of rotatable bonds is 4. The molecule has 0 bridgehead atoms.